The number of amides is 2. The molecular weight excluding hydrogens is 350 g/mol. The van der Waals surface area contributed by atoms with Gasteiger partial charge >= 0.3 is 12.0 Å². The number of anilines is 1. The summed E-state index contributed by atoms with van der Waals surface area (Å²) in [7, 11) is 2.76. The SMILES string of the molecule is COC(=O)COc1ccc(C=NNC(=O)Nc2ccccc2C)cc1OC. The van der Waals surface area contributed by atoms with Crippen LogP contribution in [-0.4, -0.2) is 39.0 Å². The zero-order valence-electron chi connectivity index (χ0n) is 15.3. The minimum absolute atomic E-state index is 0.221. The fraction of sp³-hybridized carbons (Fsp3) is 0.211. The number of carbonyl (C=O) groups excluding carboxylic acids is 2. The van der Waals surface area contributed by atoms with E-state index in [0.29, 0.717) is 22.7 Å². The highest BCUT2D eigenvalue weighted by Gasteiger charge is 2.08. The molecule has 0 saturated heterocycles. The van der Waals surface area contributed by atoms with Crippen molar-refractivity contribution in [3.05, 3.63) is 53.6 Å². The van der Waals surface area contributed by atoms with Gasteiger partial charge in [-0.05, 0) is 42.3 Å². The minimum atomic E-state index is -0.494. The lowest BCUT2D eigenvalue weighted by Crippen LogP contribution is -2.24. The van der Waals surface area contributed by atoms with Crippen LogP contribution in [0.1, 0.15) is 11.1 Å². The van der Waals surface area contributed by atoms with Gasteiger partial charge in [0, 0.05) is 5.69 Å². The van der Waals surface area contributed by atoms with E-state index in [0.717, 1.165) is 5.56 Å². The Bertz CT molecular complexity index is 836. The smallest absolute Gasteiger partial charge is 0.343 e. The van der Waals surface area contributed by atoms with Gasteiger partial charge in [0.25, 0.3) is 0 Å². The number of hydrogen-bond acceptors (Lipinski definition) is 6. The van der Waals surface area contributed by atoms with Gasteiger partial charge in [-0.2, -0.15) is 5.10 Å². The van der Waals surface area contributed by atoms with Crippen molar-refractivity contribution in [3.8, 4) is 11.5 Å². The molecule has 0 unspecified atom stereocenters. The van der Waals surface area contributed by atoms with Crippen molar-refractivity contribution in [1.29, 1.82) is 0 Å². The van der Waals surface area contributed by atoms with E-state index in [1.54, 1.807) is 24.3 Å². The molecule has 8 heteroatoms. The number of methoxy groups -OCH3 is 2. The summed E-state index contributed by atoms with van der Waals surface area (Å²) in [6.07, 6.45) is 1.46. The fourth-order valence-corrected chi connectivity index (χ4v) is 2.11. The average Bonchev–Trinajstić information content (AvgIpc) is 2.68. The van der Waals surface area contributed by atoms with E-state index in [1.807, 2.05) is 25.1 Å². The summed E-state index contributed by atoms with van der Waals surface area (Å²) in [5.74, 6) is 0.323. The molecule has 0 aliphatic carbocycles. The first-order valence-electron chi connectivity index (χ1n) is 8.07. The summed E-state index contributed by atoms with van der Waals surface area (Å²) >= 11 is 0. The van der Waals surface area contributed by atoms with Gasteiger partial charge in [0.15, 0.2) is 18.1 Å². The Hall–Kier alpha value is -3.55. The van der Waals surface area contributed by atoms with Crippen molar-refractivity contribution < 1.29 is 23.8 Å². The summed E-state index contributed by atoms with van der Waals surface area (Å²) < 4.78 is 15.1. The second-order valence-electron chi connectivity index (χ2n) is 5.41. The molecule has 2 amide bonds. The number of rotatable bonds is 7. The molecule has 0 heterocycles. The Balaban J connectivity index is 1.95. The van der Waals surface area contributed by atoms with Gasteiger partial charge in [-0.1, -0.05) is 18.2 Å². The van der Waals surface area contributed by atoms with Crippen LogP contribution < -0.4 is 20.2 Å². The number of carbonyl (C=O) groups is 2. The van der Waals surface area contributed by atoms with Crippen molar-refractivity contribution >= 4 is 23.9 Å². The van der Waals surface area contributed by atoms with Gasteiger partial charge in [0.1, 0.15) is 0 Å². The van der Waals surface area contributed by atoms with Crippen molar-refractivity contribution in [2.45, 2.75) is 6.92 Å². The molecule has 2 N–H and O–H groups in total. The number of nitrogens with one attached hydrogen (secondary N) is 2. The van der Waals surface area contributed by atoms with Crippen LogP contribution in [0, 0.1) is 6.92 Å². The topological polar surface area (TPSA) is 98.3 Å². The molecule has 142 valence electrons. The predicted molar refractivity (Wildman–Crippen MR) is 101 cm³/mol. The van der Waals surface area contributed by atoms with Gasteiger partial charge in [-0.15, -0.1) is 0 Å². The summed E-state index contributed by atoms with van der Waals surface area (Å²) in [6.45, 7) is 1.68. The molecule has 0 radical (unpaired) electrons. The van der Waals surface area contributed by atoms with Crippen LogP contribution in [0.4, 0.5) is 10.5 Å². The Labute approximate surface area is 157 Å². The molecule has 0 spiro atoms. The largest absolute Gasteiger partial charge is 0.493 e. The van der Waals surface area contributed by atoms with Gasteiger partial charge in [0.05, 0.1) is 20.4 Å². The third-order valence-corrected chi connectivity index (χ3v) is 3.53. The van der Waals surface area contributed by atoms with Gasteiger partial charge in [-0.3, -0.25) is 0 Å². The number of para-hydroxylation sites is 1. The van der Waals surface area contributed by atoms with Crippen molar-refractivity contribution in [3.63, 3.8) is 0 Å². The van der Waals surface area contributed by atoms with E-state index in [9.17, 15) is 9.59 Å². The number of urea groups is 1. The number of benzene rings is 2. The summed E-state index contributed by atoms with van der Waals surface area (Å²) in [5, 5.41) is 6.61. The van der Waals surface area contributed by atoms with Gasteiger partial charge in [-0.25, -0.2) is 15.0 Å². The number of hydrazone groups is 1. The third kappa shape index (κ3) is 6.03. The van der Waals surface area contributed by atoms with Crippen LogP contribution in [0.2, 0.25) is 0 Å². The van der Waals surface area contributed by atoms with Crippen molar-refractivity contribution in [2.75, 3.05) is 26.1 Å². The molecule has 0 aromatic heterocycles. The van der Waals surface area contributed by atoms with Crippen LogP contribution in [0.15, 0.2) is 47.6 Å². The van der Waals surface area contributed by atoms with Gasteiger partial charge < -0.3 is 19.5 Å². The standard InChI is InChI=1S/C19H21N3O5/c1-13-6-4-5-7-15(13)21-19(24)22-20-11-14-8-9-16(17(10-14)25-2)27-12-18(23)26-3/h4-11H,12H2,1-3H3,(H2,21,22,24). The molecule has 2 aromatic carbocycles. The lowest BCUT2D eigenvalue weighted by molar-refractivity contribution is -0.142. The second kappa shape index (κ2) is 9.81. The molecule has 0 saturated carbocycles. The first kappa shape index (κ1) is 19.8. The first-order chi connectivity index (χ1) is 13.0. The summed E-state index contributed by atoms with van der Waals surface area (Å²) in [6, 6.07) is 12.0. The maximum absolute atomic E-state index is 11.9. The number of hydrogen-bond donors (Lipinski definition) is 2. The lowest BCUT2D eigenvalue weighted by Gasteiger charge is -2.10. The Morgan fingerprint density at radius 1 is 1.11 bits per heavy atom. The number of aryl methyl sites for hydroxylation is 1. The maximum atomic E-state index is 11.9. The van der Waals surface area contributed by atoms with Crippen LogP contribution in [0.3, 0.4) is 0 Å². The monoisotopic (exact) mass is 371 g/mol. The van der Waals surface area contributed by atoms with Crippen molar-refractivity contribution in [2.24, 2.45) is 5.10 Å². The molecule has 2 aromatic rings. The number of ether oxygens (including phenoxy) is 3. The van der Waals surface area contributed by atoms with Crippen molar-refractivity contribution in [1.82, 2.24) is 5.43 Å². The zero-order chi connectivity index (χ0) is 19.6. The summed E-state index contributed by atoms with van der Waals surface area (Å²) in [4.78, 5) is 23.0. The molecule has 27 heavy (non-hydrogen) atoms. The molecule has 0 bridgehead atoms. The molecule has 8 nitrogen and oxygen atoms in total. The Morgan fingerprint density at radius 3 is 2.59 bits per heavy atom. The third-order valence-electron chi connectivity index (χ3n) is 3.53. The maximum Gasteiger partial charge on any atom is 0.343 e. The molecule has 0 fully saturated rings. The first-order valence-corrected chi connectivity index (χ1v) is 8.07. The van der Waals surface area contributed by atoms with Crippen LogP contribution in [0.5, 0.6) is 11.5 Å². The van der Waals surface area contributed by atoms with Crippen LogP contribution in [-0.2, 0) is 9.53 Å². The Kier molecular flexibility index (Phi) is 7.18. The predicted octanol–water partition coefficient (Wildman–Crippen LogP) is 2.71. The van der Waals surface area contributed by atoms with Crippen LogP contribution in [0.25, 0.3) is 0 Å². The highest BCUT2D eigenvalue weighted by Crippen LogP contribution is 2.27. The fourth-order valence-electron chi connectivity index (χ4n) is 2.11. The minimum Gasteiger partial charge on any atom is -0.493 e. The average molecular weight is 371 g/mol. The number of esters is 1. The van der Waals surface area contributed by atoms with E-state index in [4.69, 9.17) is 9.47 Å². The lowest BCUT2D eigenvalue weighted by atomic mass is 10.2. The molecule has 0 atom stereocenters. The number of nitrogens with zero attached hydrogens (tertiary/aromatic N) is 1. The van der Waals surface area contributed by atoms with Crippen LogP contribution >= 0.6 is 0 Å². The van der Waals surface area contributed by atoms with E-state index in [-0.39, 0.29) is 6.61 Å². The molecule has 2 rings (SSSR count). The van der Waals surface area contributed by atoms with E-state index in [2.05, 4.69) is 20.6 Å². The normalized spacial score (nSPS) is 10.3. The quantitative estimate of drug-likeness (QED) is 0.443. The Morgan fingerprint density at radius 2 is 1.89 bits per heavy atom. The molecule has 0 aliphatic heterocycles. The molecule has 0 aliphatic rings. The van der Waals surface area contributed by atoms with E-state index >= 15 is 0 Å². The van der Waals surface area contributed by atoms with E-state index < -0.39 is 12.0 Å². The zero-order valence-corrected chi connectivity index (χ0v) is 15.3. The second-order valence-corrected chi connectivity index (χ2v) is 5.41. The summed E-state index contributed by atoms with van der Waals surface area (Å²) in [5.41, 5.74) is 4.72. The highest BCUT2D eigenvalue weighted by molar-refractivity contribution is 5.91. The molecular formula is C19H21N3O5. The van der Waals surface area contributed by atoms with E-state index in [1.165, 1.54) is 20.4 Å². The highest BCUT2D eigenvalue weighted by atomic mass is 16.6. The van der Waals surface area contributed by atoms with Gasteiger partial charge in [0.2, 0.25) is 0 Å².